The summed E-state index contributed by atoms with van der Waals surface area (Å²) in [7, 11) is 0. The molecular weight excluding hydrogens is 284 g/mol. The molecule has 0 saturated heterocycles. The van der Waals surface area contributed by atoms with Gasteiger partial charge in [-0.2, -0.15) is 0 Å². The van der Waals surface area contributed by atoms with E-state index in [4.69, 9.17) is 17.3 Å². The predicted octanol–water partition coefficient (Wildman–Crippen LogP) is 4.61. The maximum absolute atomic E-state index is 12.4. The number of carbonyl (C=O) groups is 1. The summed E-state index contributed by atoms with van der Waals surface area (Å²) in [6, 6.07) is 10.9. The second-order valence-electron chi connectivity index (χ2n) is 5.38. The van der Waals surface area contributed by atoms with Crippen LogP contribution in [0.1, 0.15) is 41.3 Å². The van der Waals surface area contributed by atoms with Gasteiger partial charge in [0.05, 0.1) is 10.7 Å². The van der Waals surface area contributed by atoms with Crippen LogP contribution in [0.5, 0.6) is 0 Å². The van der Waals surface area contributed by atoms with Gasteiger partial charge in [0.2, 0.25) is 0 Å². The van der Waals surface area contributed by atoms with E-state index in [1.54, 1.807) is 18.2 Å². The second-order valence-corrected chi connectivity index (χ2v) is 5.79. The zero-order valence-corrected chi connectivity index (χ0v) is 13.2. The first-order valence-electron chi connectivity index (χ1n) is 6.86. The van der Waals surface area contributed by atoms with Crippen molar-refractivity contribution in [3.8, 4) is 0 Å². The number of halogens is 1. The molecule has 0 fully saturated rings. The predicted molar refractivity (Wildman–Crippen MR) is 89.1 cm³/mol. The van der Waals surface area contributed by atoms with Crippen molar-refractivity contribution in [2.45, 2.75) is 26.7 Å². The van der Waals surface area contributed by atoms with Gasteiger partial charge >= 0.3 is 0 Å². The molecule has 2 aromatic carbocycles. The van der Waals surface area contributed by atoms with Crippen molar-refractivity contribution in [1.82, 2.24) is 0 Å². The van der Waals surface area contributed by atoms with Crippen LogP contribution in [0.2, 0.25) is 5.02 Å². The fourth-order valence-corrected chi connectivity index (χ4v) is 2.38. The highest BCUT2D eigenvalue weighted by atomic mass is 35.5. The molecular formula is C17H19ClN2O. The van der Waals surface area contributed by atoms with Gasteiger partial charge in [-0.05, 0) is 42.2 Å². The minimum absolute atomic E-state index is 0.187. The number of aryl methyl sites for hydroxylation is 1. The van der Waals surface area contributed by atoms with Gasteiger partial charge in [0.15, 0.2) is 0 Å². The van der Waals surface area contributed by atoms with Crippen LogP contribution in [-0.2, 0) is 0 Å². The average Bonchev–Trinajstić information content (AvgIpc) is 2.43. The number of para-hydroxylation sites is 1. The molecule has 21 heavy (non-hydrogen) atoms. The van der Waals surface area contributed by atoms with Gasteiger partial charge < -0.3 is 11.1 Å². The van der Waals surface area contributed by atoms with Gasteiger partial charge in [0.1, 0.15) is 0 Å². The molecule has 3 N–H and O–H groups in total. The molecule has 0 saturated carbocycles. The standard InChI is InChI=1S/C17H19ClN2O/c1-10(2)13-6-4-5-11(3)16(13)20-17(21)12-7-8-15(19)14(18)9-12/h4-10H,19H2,1-3H3,(H,20,21). The molecule has 0 bridgehead atoms. The van der Waals surface area contributed by atoms with Gasteiger partial charge in [-0.1, -0.05) is 43.6 Å². The lowest BCUT2D eigenvalue weighted by molar-refractivity contribution is 0.102. The first-order chi connectivity index (χ1) is 9.90. The van der Waals surface area contributed by atoms with E-state index in [-0.39, 0.29) is 5.91 Å². The maximum Gasteiger partial charge on any atom is 0.255 e. The summed E-state index contributed by atoms with van der Waals surface area (Å²) in [4.78, 5) is 12.4. The Balaban J connectivity index is 2.33. The van der Waals surface area contributed by atoms with Crippen molar-refractivity contribution < 1.29 is 4.79 Å². The van der Waals surface area contributed by atoms with Crippen LogP contribution in [-0.4, -0.2) is 5.91 Å². The van der Waals surface area contributed by atoms with E-state index in [9.17, 15) is 4.79 Å². The Kier molecular flexibility index (Phi) is 4.53. The third kappa shape index (κ3) is 3.37. The quantitative estimate of drug-likeness (QED) is 0.814. The van der Waals surface area contributed by atoms with Crippen molar-refractivity contribution in [3.05, 3.63) is 58.1 Å². The van der Waals surface area contributed by atoms with Crippen LogP contribution in [0, 0.1) is 6.92 Å². The molecule has 3 nitrogen and oxygen atoms in total. The van der Waals surface area contributed by atoms with E-state index in [1.807, 2.05) is 25.1 Å². The number of nitrogen functional groups attached to an aromatic ring is 1. The van der Waals surface area contributed by atoms with Gasteiger partial charge in [-0.3, -0.25) is 4.79 Å². The van der Waals surface area contributed by atoms with Crippen LogP contribution in [0.4, 0.5) is 11.4 Å². The number of anilines is 2. The number of hydrogen-bond donors (Lipinski definition) is 2. The van der Waals surface area contributed by atoms with Crippen LogP contribution >= 0.6 is 11.6 Å². The van der Waals surface area contributed by atoms with E-state index >= 15 is 0 Å². The van der Waals surface area contributed by atoms with Gasteiger partial charge in [0, 0.05) is 11.3 Å². The monoisotopic (exact) mass is 302 g/mol. The topological polar surface area (TPSA) is 55.1 Å². The molecule has 0 radical (unpaired) electrons. The van der Waals surface area contributed by atoms with Crippen LogP contribution in [0.3, 0.4) is 0 Å². The van der Waals surface area contributed by atoms with Crippen LogP contribution in [0.15, 0.2) is 36.4 Å². The highest BCUT2D eigenvalue weighted by Crippen LogP contribution is 2.28. The maximum atomic E-state index is 12.4. The molecule has 0 aliphatic rings. The van der Waals surface area contributed by atoms with Crippen LogP contribution in [0.25, 0.3) is 0 Å². The van der Waals surface area contributed by atoms with Crippen molar-refractivity contribution >= 4 is 28.9 Å². The Morgan fingerprint density at radius 2 is 1.95 bits per heavy atom. The number of nitrogens with two attached hydrogens (primary N) is 1. The summed E-state index contributed by atoms with van der Waals surface area (Å²) in [6.07, 6.45) is 0. The Labute approximate surface area is 130 Å². The third-order valence-electron chi connectivity index (χ3n) is 3.43. The van der Waals surface area contributed by atoms with Crippen molar-refractivity contribution in [3.63, 3.8) is 0 Å². The molecule has 4 heteroatoms. The molecule has 0 unspecified atom stereocenters. The lowest BCUT2D eigenvalue weighted by atomic mass is 9.98. The van der Waals surface area contributed by atoms with E-state index in [0.29, 0.717) is 22.2 Å². The lowest BCUT2D eigenvalue weighted by Crippen LogP contribution is -2.15. The van der Waals surface area contributed by atoms with Crippen molar-refractivity contribution in [1.29, 1.82) is 0 Å². The average molecular weight is 303 g/mol. The normalized spacial score (nSPS) is 10.7. The largest absolute Gasteiger partial charge is 0.398 e. The summed E-state index contributed by atoms with van der Waals surface area (Å²) in [6.45, 7) is 6.19. The zero-order valence-electron chi connectivity index (χ0n) is 12.4. The molecule has 0 spiro atoms. The summed E-state index contributed by atoms with van der Waals surface area (Å²) in [5.41, 5.74) is 9.64. The number of amides is 1. The molecule has 0 aliphatic heterocycles. The van der Waals surface area contributed by atoms with Crippen molar-refractivity contribution in [2.75, 3.05) is 11.1 Å². The Morgan fingerprint density at radius 3 is 2.57 bits per heavy atom. The highest BCUT2D eigenvalue weighted by Gasteiger charge is 2.14. The Morgan fingerprint density at radius 1 is 1.24 bits per heavy atom. The first kappa shape index (κ1) is 15.4. The lowest BCUT2D eigenvalue weighted by Gasteiger charge is -2.16. The smallest absolute Gasteiger partial charge is 0.255 e. The van der Waals surface area contributed by atoms with E-state index in [0.717, 1.165) is 16.8 Å². The molecule has 1 amide bonds. The minimum atomic E-state index is -0.187. The fourth-order valence-electron chi connectivity index (χ4n) is 2.20. The summed E-state index contributed by atoms with van der Waals surface area (Å²) in [5, 5.41) is 3.37. The van der Waals surface area contributed by atoms with Gasteiger partial charge in [-0.15, -0.1) is 0 Å². The second kappa shape index (κ2) is 6.19. The molecule has 0 aliphatic carbocycles. The molecule has 2 rings (SSSR count). The summed E-state index contributed by atoms with van der Waals surface area (Å²) in [5.74, 6) is 0.142. The number of nitrogens with one attached hydrogen (secondary N) is 1. The minimum Gasteiger partial charge on any atom is -0.398 e. The number of hydrogen-bond acceptors (Lipinski definition) is 2. The highest BCUT2D eigenvalue weighted by molar-refractivity contribution is 6.33. The Hall–Kier alpha value is -2.00. The molecule has 2 aromatic rings. The fraction of sp³-hybridized carbons (Fsp3) is 0.235. The summed E-state index contributed by atoms with van der Waals surface area (Å²) < 4.78 is 0. The molecule has 0 atom stereocenters. The van der Waals surface area contributed by atoms with Gasteiger partial charge in [-0.25, -0.2) is 0 Å². The SMILES string of the molecule is Cc1cccc(C(C)C)c1NC(=O)c1ccc(N)c(Cl)c1. The van der Waals surface area contributed by atoms with Gasteiger partial charge in [0.25, 0.3) is 5.91 Å². The van der Waals surface area contributed by atoms with E-state index in [2.05, 4.69) is 19.2 Å². The number of carbonyl (C=O) groups excluding carboxylic acids is 1. The number of benzene rings is 2. The third-order valence-corrected chi connectivity index (χ3v) is 3.76. The Bertz CT molecular complexity index is 680. The molecule has 0 heterocycles. The van der Waals surface area contributed by atoms with Crippen molar-refractivity contribution in [2.24, 2.45) is 0 Å². The van der Waals surface area contributed by atoms with Crippen LogP contribution < -0.4 is 11.1 Å². The van der Waals surface area contributed by atoms with E-state index in [1.165, 1.54) is 0 Å². The first-order valence-corrected chi connectivity index (χ1v) is 7.24. The number of rotatable bonds is 3. The zero-order chi connectivity index (χ0) is 15.6. The molecule has 0 aromatic heterocycles. The van der Waals surface area contributed by atoms with E-state index < -0.39 is 0 Å². The molecule has 110 valence electrons. The summed E-state index contributed by atoms with van der Waals surface area (Å²) >= 11 is 5.97.